The summed E-state index contributed by atoms with van der Waals surface area (Å²) in [6.45, 7) is 8.70. The summed E-state index contributed by atoms with van der Waals surface area (Å²) < 4.78 is 8.97. The first-order chi connectivity index (χ1) is 14.1. The minimum Gasteiger partial charge on any atom is -0.379 e. The molecule has 0 unspecified atom stereocenters. The summed E-state index contributed by atoms with van der Waals surface area (Å²) in [7, 11) is 0. The summed E-state index contributed by atoms with van der Waals surface area (Å²) in [6.07, 6.45) is 1.79. The Morgan fingerprint density at radius 1 is 1.14 bits per heavy atom. The van der Waals surface area contributed by atoms with E-state index in [4.69, 9.17) is 4.74 Å². The number of carbonyl (C=O) groups is 1. The van der Waals surface area contributed by atoms with Crippen LogP contribution >= 0.6 is 0 Å². The predicted molar refractivity (Wildman–Crippen MR) is 110 cm³/mol. The van der Waals surface area contributed by atoms with E-state index in [-0.39, 0.29) is 5.91 Å². The van der Waals surface area contributed by atoms with Crippen LogP contribution in [-0.4, -0.2) is 56.7 Å². The number of rotatable bonds is 6. The molecule has 1 saturated heterocycles. The molecule has 8 nitrogen and oxygen atoms in total. The van der Waals surface area contributed by atoms with Crippen molar-refractivity contribution in [3.63, 3.8) is 0 Å². The molecule has 0 bridgehead atoms. The summed E-state index contributed by atoms with van der Waals surface area (Å²) in [5.41, 5.74) is 4.34. The first-order valence-electron chi connectivity index (χ1n) is 9.82. The second kappa shape index (κ2) is 8.59. The number of benzene rings is 1. The van der Waals surface area contributed by atoms with Crippen LogP contribution in [0.5, 0.6) is 0 Å². The number of nitrogens with one attached hydrogen (secondary N) is 1. The molecule has 0 aliphatic carbocycles. The zero-order valence-electron chi connectivity index (χ0n) is 16.8. The first-order valence-corrected chi connectivity index (χ1v) is 9.82. The van der Waals surface area contributed by atoms with E-state index in [1.807, 2.05) is 42.8 Å². The van der Waals surface area contributed by atoms with Crippen molar-refractivity contribution in [2.75, 3.05) is 31.6 Å². The van der Waals surface area contributed by atoms with Crippen LogP contribution in [0.4, 0.5) is 5.69 Å². The van der Waals surface area contributed by atoms with Crippen molar-refractivity contribution in [3.8, 4) is 0 Å². The molecule has 8 heteroatoms. The smallest absolute Gasteiger partial charge is 0.276 e. The van der Waals surface area contributed by atoms with Gasteiger partial charge in [0.15, 0.2) is 5.69 Å². The Morgan fingerprint density at radius 3 is 2.72 bits per heavy atom. The summed E-state index contributed by atoms with van der Waals surface area (Å²) in [6, 6.07) is 11.7. The molecular formula is C21H26N6O2. The van der Waals surface area contributed by atoms with Crippen LogP contribution in [0.3, 0.4) is 0 Å². The Morgan fingerprint density at radius 2 is 1.97 bits per heavy atom. The van der Waals surface area contributed by atoms with Gasteiger partial charge in [-0.25, -0.2) is 4.68 Å². The van der Waals surface area contributed by atoms with Crippen LogP contribution in [0.1, 0.15) is 27.4 Å². The highest BCUT2D eigenvalue weighted by Gasteiger charge is 2.13. The molecule has 1 aliphatic heterocycles. The molecule has 29 heavy (non-hydrogen) atoms. The Balaban J connectivity index is 1.38. The number of ether oxygens (including phenoxy) is 1. The summed E-state index contributed by atoms with van der Waals surface area (Å²) in [5, 5.41) is 11.8. The zero-order valence-corrected chi connectivity index (χ0v) is 16.8. The Labute approximate surface area is 170 Å². The number of carbonyl (C=O) groups excluding carboxylic acids is 1. The summed E-state index contributed by atoms with van der Waals surface area (Å²) >= 11 is 0. The minimum atomic E-state index is -0.222. The molecule has 2 aromatic heterocycles. The number of aryl methyl sites for hydroxylation is 2. The number of aromatic nitrogens is 4. The fraction of sp³-hybridized carbons (Fsp3) is 0.381. The third-order valence-electron chi connectivity index (χ3n) is 4.95. The predicted octanol–water partition coefficient (Wildman–Crippen LogP) is 2.29. The second-order valence-electron chi connectivity index (χ2n) is 7.35. The van der Waals surface area contributed by atoms with Crippen molar-refractivity contribution in [1.29, 1.82) is 0 Å². The third kappa shape index (κ3) is 4.90. The van der Waals surface area contributed by atoms with Gasteiger partial charge in [-0.1, -0.05) is 12.1 Å². The average molecular weight is 394 g/mol. The van der Waals surface area contributed by atoms with Crippen LogP contribution in [0, 0.1) is 13.8 Å². The average Bonchev–Trinajstić information content (AvgIpc) is 3.29. The maximum Gasteiger partial charge on any atom is 0.276 e. The van der Waals surface area contributed by atoms with E-state index in [2.05, 4.69) is 26.5 Å². The molecule has 1 aliphatic rings. The molecule has 1 fully saturated rings. The van der Waals surface area contributed by atoms with E-state index < -0.39 is 0 Å². The fourth-order valence-corrected chi connectivity index (χ4v) is 3.48. The monoisotopic (exact) mass is 394 g/mol. The second-order valence-corrected chi connectivity index (χ2v) is 7.35. The van der Waals surface area contributed by atoms with Gasteiger partial charge in [0.2, 0.25) is 0 Å². The zero-order chi connectivity index (χ0) is 20.2. The van der Waals surface area contributed by atoms with E-state index >= 15 is 0 Å². The first kappa shape index (κ1) is 19.4. The molecule has 4 rings (SSSR count). The van der Waals surface area contributed by atoms with E-state index in [1.165, 1.54) is 5.56 Å². The van der Waals surface area contributed by atoms with Crippen LogP contribution in [0.2, 0.25) is 0 Å². The van der Waals surface area contributed by atoms with Crippen molar-refractivity contribution in [1.82, 2.24) is 24.5 Å². The molecular weight excluding hydrogens is 368 g/mol. The molecule has 1 amide bonds. The van der Waals surface area contributed by atoms with E-state index in [0.717, 1.165) is 49.9 Å². The number of morpholine rings is 1. The molecule has 3 heterocycles. The molecule has 0 spiro atoms. The van der Waals surface area contributed by atoms with Gasteiger partial charge < -0.3 is 10.1 Å². The van der Waals surface area contributed by atoms with Gasteiger partial charge in [0, 0.05) is 37.2 Å². The summed E-state index contributed by atoms with van der Waals surface area (Å²) in [5.74, 6) is -0.222. The van der Waals surface area contributed by atoms with Gasteiger partial charge >= 0.3 is 0 Å². The number of amides is 1. The molecule has 1 N–H and O–H groups in total. The van der Waals surface area contributed by atoms with Gasteiger partial charge in [-0.05, 0) is 43.7 Å². The Kier molecular flexibility index (Phi) is 5.73. The third-order valence-corrected chi connectivity index (χ3v) is 4.95. The van der Waals surface area contributed by atoms with Gasteiger partial charge in [-0.15, -0.1) is 0 Å². The maximum absolute atomic E-state index is 12.6. The van der Waals surface area contributed by atoms with Crippen molar-refractivity contribution in [3.05, 3.63) is 65.2 Å². The lowest BCUT2D eigenvalue weighted by Crippen LogP contribution is -2.35. The molecule has 3 aromatic rings. The number of hydrogen-bond donors (Lipinski definition) is 1. The van der Waals surface area contributed by atoms with Crippen LogP contribution in [0.25, 0.3) is 0 Å². The normalized spacial score (nSPS) is 14.8. The fourth-order valence-electron chi connectivity index (χ4n) is 3.48. The number of anilines is 1. The quantitative estimate of drug-likeness (QED) is 0.694. The standard InChI is InChI=1S/C21H26N6O2/c1-16-12-17(2)27(23-16)15-26-7-6-20(24-26)21(28)22-19-5-3-4-18(13-19)14-25-8-10-29-11-9-25/h3-7,12-13H,8-11,14-15H2,1-2H3,(H,22,28). The van der Waals surface area contributed by atoms with Crippen molar-refractivity contribution < 1.29 is 9.53 Å². The Hall–Kier alpha value is -2.97. The van der Waals surface area contributed by atoms with Crippen molar-refractivity contribution >= 4 is 11.6 Å². The lowest BCUT2D eigenvalue weighted by molar-refractivity contribution is 0.0342. The highest BCUT2D eigenvalue weighted by atomic mass is 16.5. The van der Waals surface area contributed by atoms with Gasteiger partial charge in [-0.2, -0.15) is 10.2 Å². The highest BCUT2D eigenvalue weighted by Crippen LogP contribution is 2.15. The van der Waals surface area contributed by atoms with Crippen LogP contribution < -0.4 is 5.32 Å². The van der Waals surface area contributed by atoms with E-state index in [1.54, 1.807) is 16.9 Å². The highest BCUT2D eigenvalue weighted by molar-refractivity contribution is 6.02. The van der Waals surface area contributed by atoms with Gasteiger partial charge in [-0.3, -0.25) is 14.4 Å². The maximum atomic E-state index is 12.6. The number of nitrogens with zero attached hydrogens (tertiary/aromatic N) is 5. The lowest BCUT2D eigenvalue weighted by atomic mass is 10.2. The van der Waals surface area contributed by atoms with Crippen LogP contribution in [-0.2, 0) is 18.0 Å². The van der Waals surface area contributed by atoms with Gasteiger partial charge in [0.1, 0.15) is 6.67 Å². The largest absolute Gasteiger partial charge is 0.379 e. The van der Waals surface area contributed by atoms with Gasteiger partial charge in [0.05, 0.1) is 18.9 Å². The minimum absolute atomic E-state index is 0.222. The molecule has 1 aromatic carbocycles. The molecule has 0 saturated carbocycles. The molecule has 152 valence electrons. The number of hydrogen-bond acceptors (Lipinski definition) is 5. The Bertz CT molecular complexity index is 987. The summed E-state index contributed by atoms with van der Waals surface area (Å²) in [4.78, 5) is 15.0. The van der Waals surface area contributed by atoms with Crippen molar-refractivity contribution in [2.45, 2.75) is 27.1 Å². The van der Waals surface area contributed by atoms with Gasteiger partial charge in [0.25, 0.3) is 5.91 Å². The topological polar surface area (TPSA) is 77.2 Å². The molecule has 0 atom stereocenters. The van der Waals surface area contributed by atoms with E-state index in [0.29, 0.717) is 12.4 Å². The van der Waals surface area contributed by atoms with E-state index in [9.17, 15) is 4.79 Å². The van der Waals surface area contributed by atoms with Crippen molar-refractivity contribution in [2.24, 2.45) is 0 Å². The molecule has 0 radical (unpaired) electrons. The lowest BCUT2D eigenvalue weighted by Gasteiger charge is -2.26. The SMILES string of the molecule is Cc1cc(C)n(Cn2ccc(C(=O)Nc3cccc(CN4CCOCC4)c3)n2)n1. The van der Waals surface area contributed by atoms with Crippen LogP contribution in [0.15, 0.2) is 42.6 Å².